The molecule has 3 N–H and O–H groups in total. The molecule has 0 aliphatic heterocycles. The lowest BCUT2D eigenvalue weighted by Gasteiger charge is -2.16. The Kier molecular flexibility index (Phi) is 8.21. The van der Waals surface area contributed by atoms with E-state index in [0.29, 0.717) is 17.2 Å². The maximum Gasteiger partial charge on any atom is 0.326 e. The van der Waals surface area contributed by atoms with E-state index in [4.69, 9.17) is 21.4 Å². The predicted octanol–water partition coefficient (Wildman–Crippen LogP) is 1.76. The van der Waals surface area contributed by atoms with Gasteiger partial charge < -0.3 is 20.5 Å². The molecule has 0 saturated carbocycles. The first kappa shape index (κ1) is 20.8. The minimum Gasteiger partial charge on any atom is -0.484 e. The molecule has 138 valence electrons. The van der Waals surface area contributed by atoms with Crippen LogP contribution in [0.2, 0.25) is 5.02 Å². The van der Waals surface area contributed by atoms with Gasteiger partial charge in [0.15, 0.2) is 6.61 Å². The highest BCUT2D eigenvalue weighted by molar-refractivity contribution is 6.31. The van der Waals surface area contributed by atoms with Crippen molar-refractivity contribution in [1.29, 1.82) is 0 Å². The molecule has 0 saturated heterocycles. The molecule has 25 heavy (non-hydrogen) atoms. The van der Waals surface area contributed by atoms with Crippen LogP contribution < -0.4 is 15.4 Å². The number of benzene rings is 1. The molecule has 1 aromatic rings. The van der Waals surface area contributed by atoms with Gasteiger partial charge in [0.2, 0.25) is 5.91 Å². The number of nitrogens with one attached hydrogen (secondary N) is 2. The number of hydrogen-bond acceptors (Lipinski definition) is 4. The average Bonchev–Trinajstić information content (AvgIpc) is 2.53. The van der Waals surface area contributed by atoms with E-state index in [0.717, 1.165) is 5.56 Å². The zero-order valence-corrected chi connectivity index (χ0v) is 15.2. The van der Waals surface area contributed by atoms with E-state index in [2.05, 4.69) is 10.6 Å². The number of halogens is 1. The molecule has 2 amide bonds. The minimum atomic E-state index is -1.10. The highest BCUT2D eigenvalue weighted by Crippen LogP contribution is 2.20. The molecular formula is C17H23ClN2O5. The summed E-state index contributed by atoms with van der Waals surface area (Å²) in [4.78, 5) is 34.6. The maximum absolute atomic E-state index is 11.8. The Morgan fingerprint density at radius 3 is 2.48 bits per heavy atom. The van der Waals surface area contributed by atoms with Gasteiger partial charge in [-0.05, 0) is 43.0 Å². The first-order valence-corrected chi connectivity index (χ1v) is 8.24. The van der Waals surface area contributed by atoms with E-state index in [-0.39, 0.29) is 19.1 Å². The summed E-state index contributed by atoms with van der Waals surface area (Å²) in [6.07, 6.45) is 0.314. The smallest absolute Gasteiger partial charge is 0.326 e. The molecule has 1 atom stereocenters. The van der Waals surface area contributed by atoms with E-state index < -0.39 is 23.8 Å². The summed E-state index contributed by atoms with van der Waals surface area (Å²) in [5.41, 5.74) is 0.823. The summed E-state index contributed by atoms with van der Waals surface area (Å²) in [7, 11) is 0. The molecule has 0 unspecified atom stereocenters. The lowest BCUT2D eigenvalue weighted by atomic mass is 10.0. The van der Waals surface area contributed by atoms with Gasteiger partial charge in [0.25, 0.3) is 5.91 Å². The molecule has 0 spiro atoms. The van der Waals surface area contributed by atoms with Crippen LogP contribution in [-0.2, 0) is 14.4 Å². The Morgan fingerprint density at radius 1 is 1.24 bits per heavy atom. The summed E-state index contributed by atoms with van der Waals surface area (Å²) in [6.45, 7) is 4.96. The number of ether oxygens (including phenoxy) is 1. The van der Waals surface area contributed by atoms with Crippen LogP contribution in [0.5, 0.6) is 5.75 Å². The largest absolute Gasteiger partial charge is 0.484 e. The number of carbonyl (C=O) groups excluding carboxylic acids is 2. The molecule has 0 bridgehead atoms. The van der Waals surface area contributed by atoms with Crippen molar-refractivity contribution in [2.24, 2.45) is 5.92 Å². The van der Waals surface area contributed by atoms with E-state index in [9.17, 15) is 14.4 Å². The Balaban J connectivity index is 2.38. The third-order valence-electron chi connectivity index (χ3n) is 3.29. The second-order valence-corrected chi connectivity index (χ2v) is 6.47. The molecular weight excluding hydrogens is 348 g/mol. The third-order valence-corrected chi connectivity index (χ3v) is 3.71. The maximum atomic E-state index is 11.8. The number of carboxylic acid groups (broad SMARTS) is 1. The highest BCUT2D eigenvalue weighted by Gasteiger charge is 2.21. The van der Waals surface area contributed by atoms with Crippen LogP contribution in [0.3, 0.4) is 0 Å². The van der Waals surface area contributed by atoms with Crippen molar-refractivity contribution in [3.05, 3.63) is 28.8 Å². The van der Waals surface area contributed by atoms with Crippen LogP contribution in [0.15, 0.2) is 18.2 Å². The SMILES string of the molecule is Cc1cc(OCC(=O)NCC(=O)N[C@@H](CC(C)C)C(=O)O)ccc1Cl. The van der Waals surface area contributed by atoms with Crippen LogP contribution in [0.25, 0.3) is 0 Å². The first-order valence-electron chi connectivity index (χ1n) is 7.87. The molecule has 0 aromatic heterocycles. The Labute approximate surface area is 151 Å². The number of carbonyl (C=O) groups is 3. The van der Waals surface area contributed by atoms with Gasteiger partial charge in [0.1, 0.15) is 11.8 Å². The number of rotatable bonds is 9. The van der Waals surface area contributed by atoms with Gasteiger partial charge >= 0.3 is 5.97 Å². The molecule has 7 nitrogen and oxygen atoms in total. The van der Waals surface area contributed by atoms with Crippen LogP contribution in [-0.4, -0.2) is 42.1 Å². The normalized spacial score (nSPS) is 11.7. The molecule has 0 aliphatic carbocycles. The number of aliphatic carboxylic acids is 1. The van der Waals surface area contributed by atoms with Crippen molar-refractivity contribution in [2.45, 2.75) is 33.2 Å². The fraction of sp³-hybridized carbons (Fsp3) is 0.471. The summed E-state index contributed by atoms with van der Waals surface area (Å²) in [5, 5.41) is 14.4. The van der Waals surface area contributed by atoms with Gasteiger partial charge in [-0.3, -0.25) is 9.59 Å². The van der Waals surface area contributed by atoms with Crippen LogP contribution in [0.1, 0.15) is 25.8 Å². The zero-order chi connectivity index (χ0) is 19.0. The molecule has 0 aliphatic rings. The van der Waals surface area contributed by atoms with Crippen molar-refractivity contribution in [2.75, 3.05) is 13.2 Å². The molecule has 8 heteroatoms. The lowest BCUT2D eigenvalue weighted by molar-refractivity contribution is -0.142. The van der Waals surface area contributed by atoms with Gasteiger partial charge in [0, 0.05) is 5.02 Å². The Bertz CT molecular complexity index is 633. The van der Waals surface area contributed by atoms with Crippen molar-refractivity contribution >= 4 is 29.4 Å². The summed E-state index contributed by atoms with van der Waals surface area (Å²) in [6, 6.07) is 4.03. The zero-order valence-electron chi connectivity index (χ0n) is 14.5. The standard InChI is InChI=1S/C17H23ClN2O5/c1-10(2)6-14(17(23)24)20-15(21)8-19-16(22)9-25-12-4-5-13(18)11(3)7-12/h4-5,7,10,14H,6,8-9H2,1-3H3,(H,19,22)(H,20,21)(H,23,24)/t14-/m0/s1. The monoisotopic (exact) mass is 370 g/mol. The van der Waals surface area contributed by atoms with E-state index in [1.165, 1.54) is 0 Å². The van der Waals surface area contributed by atoms with Crippen LogP contribution in [0, 0.1) is 12.8 Å². The second-order valence-electron chi connectivity index (χ2n) is 6.06. The fourth-order valence-corrected chi connectivity index (χ4v) is 2.14. The van der Waals surface area contributed by atoms with Gasteiger partial charge in [-0.25, -0.2) is 4.79 Å². The quantitative estimate of drug-likeness (QED) is 0.614. The molecule has 1 aromatic carbocycles. The third kappa shape index (κ3) is 7.89. The van der Waals surface area contributed by atoms with Gasteiger partial charge in [-0.15, -0.1) is 0 Å². The van der Waals surface area contributed by atoms with Crippen LogP contribution >= 0.6 is 11.6 Å². The lowest BCUT2D eigenvalue weighted by Crippen LogP contribution is -2.46. The van der Waals surface area contributed by atoms with E-state index >= 15 is 0 Å². The number of amides is 2. The predicted molar refractivity (Wildman–Crippen MR) is 93.7 cm³/mol. The van der Waals surface area contributed by atoms with Crippen molar-refractivity contribution in [3.63, 3.8) is 0 Å². The molecule has 0 fully saturated rings. The highest BCUT2D eigenvalue weighted by atomic mass is 35.5. The summed E-state index contributed by atoms with van der Waals surface area (Å²) < 4.78 is 5.31. The van der Waals surface area contributed by atoms with Gasteiger partial charge in [0.05, 0.1) is 6.54 Å². The summed E-state index contributed by atoms with van der Waals surface area (Å²) >= 11 is 5.90. The average molecular weight is 371 g/mol. The van der Waals surface area contributed by atoms with Gasteiger partial charge in [-0.2, -0.15) is 0 Å². The number of aryl methyl sites for hydroxylation is 1. The van der Waals surface area contributed by atoms with E-state index in [1.54, 1.807) is 18.2 Å². The van der Waals surface area contributed by atoms with Crippen LogP contribution in [0.4, 0.5) is 0 Å². The number of hydrogen-bond donors (Lipinski definition) is 3. The first-order chi connectivity index (χ1) is 11.7. The topological polar surface area (TPSA) is 105 Å². The van der Waals surface area contributed by atoms with Crippen molar-refractivity contribution < 1.29 is 24.2 Å². The molecule has 1 rings (SSSR count). The van der Waals surface area contributed by atoms with Gasteiger partial charge in [-0.1, -0.05) is 25.4 Å². The van der Waals surface area contributed by atoms with Crippen molar-refractivity contribution in [1.82, 2.24) is 10.6 Å². The summed E-state index contributed by atoms with van der Waals surface area (Å²) in [5.74, 6) is -1.55. The van der Waals surface area contributed by atoms with Crippen molar-refractivity contribution in [3.8, 4) is 5.75 Å². The molecule has 0 radical (unpaired) electrons. The number of carboxylic acids is 1. The Morgan fingerprint density at radius 2 is 1.92 bits per heavy atom. The second kappa shape index (κ2) is 9.88. The van der Waals surface area contributed by atoms with E-state index in [1.807, 2.05) is 20.8 Å². The minimum absolute atomic E-state index is 0.118. The molecule has 0 heterocycles. The fourth-order valence-electron chi connectivity index (χ4n) is 2.02. The Hall–Kier alpha value is -2.28.